The van der Waals surface area contributed by atoms with Gasteiger partial charge < -0.3 is 15.4 Å². The molecule has 116 valence electrons. The molecule has 0 unspecified atom stereocenters. The summed E-state index contributed by atoms with van der Waals surface area (Å²) in [6.07, 6.45) is 7.05. The molecule has 6 heteroatoms. The van der Waals surface area contributed by atoms with Crippen LogP contribution < -0.4 is 10.6 Å². The third-order valence-electron chi connectivity index (χ3n) is 3.29. The van der Waals surface area contributed by atoms with E-state index in [1.54, 1.807) is 18.5 Å². The molecule has 0 aliphatic heterocycles. The molecule has 2 atom stereocenters. The third kappa shape index (κ3) is 5.57. The Kier molecular flexibility index (Phi) is 4.98. The first-order valence-corrected chi connectivity index (χ1v) is 7.45. The van der Waals surface area contributed by atoms with Gasteiger partial charge in [-0.05, 0) is 52.5 Å². The van der Waals surface area contributed by atoms with Crippen molar-refractivity contribution in [3.63, 3.8) is 0 Å². The molecule has 0 spiro atoms. The highest BCUT2D eigenvalue weighted by molar-refractivity contribution is 5.68. The summed E-state index contributed by atoms with van der Waals surface area (Å²) < 4.78 is 5.30. The van der Waals surface area contributed by atoms with Crippen molar-refractivity contribution in [1.29, 1.82) is 0 Å². The predicted molar refractivity (Wildman–Crippen MR) is 81.1 cm³/mol. The van der Waals surface area contributed by atoms with Gasteiger partial charge in [-0.25, -0.2) is 14.8 Å². The summed E-state index contributed by atoms with van der Waals surface area (Å²) in [7, 11) is 0. The van der Waals surface area contributed by atoms with Crippen LogP contribution in [0, 0.1) is 0 Å². The SMILES string of the molecule is CC(C)(C)OC(=O)N[C@@H]1CCC[C@@H](Nc2ncccn2)C1. The zero-order valence-electron chi connectivity index (χ0n) is 12.9. The predicted octanol–water partition coefficient (Wildman–Crippen LogP) is 2.72. The largest absolute Gasteiger partial charge is 0.444 e. The number of ether oxygens (including phenoxy) is 1. The quantitative estimate of drug-likeness (QED) is 0.896. The number of nitrogens with one attached hydrogen (secondary N) is 2. The van der Waals surface area contributed by atoms with E-state index in [1.165, 1.54) is 0 Å². The fourth-order valence-electron chi connectivity index (χ4n) is 2.48. The van der Waals surface area contributed by atoms with Crippen molar-refractivity contribution >= 4 is 12.0 Å². The van der Waals surface area contributed by atoms with Crippen LogP contribution in [0.5, 0.6) is 0 Å². The molecule has 1 amide bonds. The molecule has 1 aromatic rings. The summed E-state index contributed by atoms with van der Waals surface area (Å²) in [5, 5.41) is 6.27. The van der Waals surface area contributed by atoms with Crippen LogP contribution in [0.4, 0.5) is 10.7 Å². The van der Waals surface area contributed by atoms with Gasteiger partial charge in [-0.2, -0.15) is 0 Å². The van der Waals surface area contributed by atoms with Crippen molar-refractivity contribution in [2.45, 2.75) is 64.1 Å². The highest BCUT2D eigenvalue weighted by Crippen LogP contribution is 2.21. The molecule has 1 saturated carbocycles. The third-order valence-corrected chi connectivity index (χ3v) is 3.29. The van der Waals surface area contributed by atoms with Gasteiger partial charge in [0.15, 0.2) is 0 Å². The number of carbonyl (C=O) groups is 1. The fraction of sp³-hybridized carbons (Fsp3) is 0.667. The first kappa shape index (κ1) is 15.5. The lowest BCUT2D eigenvalue weighted by molar-refractivity contribution is 0.0492. The van der Waals surface area contributed by atoms with Gasteiger partial charge in [0.2, 0.25) is 5.95 Å². The molecular formula is C15H24N4O2. The molecule has 0 bridgehead atoms. The molecule has 1 aliphatic rings. The van der Waals surface area contributed by atoms with Gasteiger partial charge in [0.25, 0.3) is 0 Å². The second-order valence-corrected chi connectivity index (χ2v) is 6.42. The standard InChI is InChI=1S/C15H24N4O2/c1-15(2,3)21-14(20)19-12-7-4-6-11(10-12)18-13-16-8-5-9-17-13/h5,8-9,11-12H,4,6-7,10H2,1-3H3,(H,19,20)(H,16,17,18)/t11-,12-/m1/s1. The van der Waals surface area contributed by atoms with E-state index < -0.39 is 5.60 Å². The highest BCUT2D eigenvalue weighted by Gasteiger charge is 2.25. The zero-order valence-corrected chi connectivity index (χ0v) is 12.9. The zero-order chi connectivity index (χ0) is 15.3. The van der Waals surface area contributed by atoms with Crippen molar-refractivity contribution in [2.24, 2.45) is 0 Å². The monoisotopic (exact) mass is 292 g/mol. The molecule has 2 N–H and O–H groups in total. The molecule has 1 fully saturated rings. The maximum atomic E-state index is 11.8. The Morgan fingerprint density at radius 3 is 2.57 bits per heavy atom. The average Bonchev–Trinajstić information content (AvgIpc) is 2.38. The summed E-state index contributed by atoms with van der Waals surface area (Å²) in [5.74, 6) is 0.639. The molecule has 0 saturated heterocycles. The van der Waals surface area contributed by atoms with Crippen LogP contribution in [0.3, 0.4) is 0 Å². The van der Waals surface area contributed by atoms with E-state index in [0.717, 1.165) is 25.7 Å². The molecule has 1 heterocycles. The van der Waals surface area contributed by atoms with E-state index in [1.807, 2.05) is 20.8 Å². The molecule has 2 rings (SSSR count). The average molecular weight is 292 g/mol. The van der Waals surface area contributed by atoms with Gasteiger partial charge in [0.1, 0.15) is 5.60 Å². The summed E-state index contributed by atoms with van der Waals surface area (Å²) in [6, 6.07) is 2.20. The first-order chi connectivity index (χ1) is 9.92. The Labute approximate surface area is 125 Å². The van der Waals surface area contributed by atoms with Crippen molar-refractivity contribution < 1.29 is 9.53 Å². The second kappa shape index (κ2) is 6.74. The van der Waals surface area contributed by atoms with Gasteiger partial charge in [0.05, 0.1) is 0 Å². The Morgan fingerprint density at radius 1 is 1.24 bits per heavy atom. The van der Waals surface area contributed by atoms with Gasteiger partial charge >= 0.3 is 6.09 Å². The summed E-state index contributed by atoms with van der Waals surface area (Å²) >= 11 is 0. The smallest absolute Gasteiger partial charge is 0.407 e. The van der Waals surface area contributed by atoms with Gasteiger partial charge in [-0.15, -0.1) is 0 Å². The second-order valence-electron chi connectivity index (χ2n) is 6.42. The van der Waals surface area contributed by atoms with Crippen molar-refractivity contribution in [1.82, 2.24) is 15.3 Å². The Morgan fingerprint density at radius 2 is 1.90 bits per heavy atom. The van der Waals surface area contributed by atoms with Gasteiger partial charge in [0, 0.05) is 24.5 Å². The molecule has 0 radical (unpaired) electrons. The summed E-state index contributed by atoms with van der Waals surface area (Å²) in [4.78, 5) is 20.2. The van der Waals surface area contributed by atoms with E-state index in [0.29, 0.717) is 5.95 Å². The summed E-state index contributed by atoms with van der Waals surface area (Å²) in [5.41, 5.74) is -0.464. The Bertz CT molecular complexity index is 458. The van der Waals surface area contributed by atoms with Crippen molar-refractivity contribution in [2.75, 3.05) is 5.32 Å². The molecule has 21 heavy (non-hydrogen) atoms. The van der Waals surface area contributed by atoms with Gasteiger partial charge in [-0.3, -0.25) is 0 Å². The van der Waals surface area contributed by atoms with Crippen LogP contribution in [0.15, 0.2) is 18.5 Å². The first-order valence-electron chi connectivity index (χ1n) is 7.45. The maximum absolute atomic E-state index is 11.8. The minimum atomic E-state index is -0.464. The number of anilines is 1. The Balaban J connectivity index is 1.82. The highest BCUT2D eigenvalue weighted by atomic mass is 16.6. The number of alkyl carbamates (subject to hydrolysis) is 1. The van der Waals surface area contributed by atoms with Crippen LogP contribution in [-0.2, 0) is 4.74 Å². The molecule has 6 nitrogen and oxygen atoms in total. The maximum Gasteiger partial charge on any atom is 0.407 e. The number of hydrogen-bond acceptors (Lipinski definition) is 5. The minimum Gasteiger partial charge on any atom is -0.444 e. The molecule has 0 aromatic carbocycles. The Hall–Kier alpha value is -1.85. The van der Waals surface area contributed by atoms with Crippen LogP contribution in [0.2, 0.25) is 0 Å². The lowest BCUT2D eigenvalue weighted by Crippen LogP contribution is -2.44. The van der Waals surface area contributed by atoms with E-state index in [9.17, 15) is 4.79 Å². The number of hydrogen-bond donors (Lipinski definition) is 2. The lowest BCUT2D eigenvalue weighted by atomic mass is 9.91. The van der Waals surface area contributed by atoms with Crippen molar-refractivity contribution in [3.05, 3.63) is 18.5 Å². The van der Waals surface area contributed by atoms with E-state index in [2.05, 4.69) is 20.6 Å². The number of nitrogens with zero attached hydrogens (tertiary/aromatic N) is 2. The lowest BCUT2D eigenvalue weighted by Gasteiger charge is -2.31. The van der Waals surface area contributed by atoms with Gasteiger partial charge in [-0.1, -0.05) is 0 Å². The number of aromatic nitrogens is 2. The molecule has 1 aliphatic carbocycles. The van der Waals surface area contributed by atoms with Crippen molar-refractivity contribution in [3.8, 4) is 0 Å². The summed E-state index contributed by atoms with van der Waals surface area (Å²) in [6.45, 7) is 5.60. The number of carbonyl (C=O) groups excluding carboxylic acids is 1. The fourth-order valence-corrected chi connectivity index (χ4v) is 2.48. The van der Waals surface area contributed by atoms with E-state index >= 15 is 0 Å². The topological polar surface area (TPSA) is 76.1 Å². The van der Waals surface area contributed by atoms with Crippen LogP contribution >= 0.6 is 0 Å². The minimum absolute atomic E-state index is 0.134. The van der Waals surface area contributed by atoms with Crippen LogP contribution in [-0.4, -0.2) is 33.7 Å². The molecular weight excluding hydrogens is 268 g/mol. The van der Waals surface area contributed by atoms with Crippen LogP contribution in [0.25, 0.3) is 0 Å². The van der Waals surface area contributed by atoms with E-state index in [-0.39, 0.29) is 18.2 Å². The number of rotatable bonds is 3. The molecule has 1 aromatic heterocycles. The van der Waals surface area contributed by atoms with Crippen LogP contribution in [0.1, 0.15) is 46.5 Å². The van der Waals surface area contributed by atoms with E-state index in [4.69, 9.17) is 4.74 Å². The normalized spacial score (nSPS) is 22.4. The number of amides is 1.